The van der Waals surface area contributed by atoms with E-state index in [2.05, 4.69) is 18.2 Å². The monoisotopic (exact) mass is 121 g/mol. The van der Waals surface area contributed by atoms with Gasteiger partial charge in [0.1, 0.15) is 6.61 Å². The second-order valence-corrected chi connectivity index (χ2v) is 0.723. The van der Waals surface area contributed by atoms with Crippen LogP contribution in [0.4, 0.5) is 0 Å². The summed E-state index contributed by atoms with van der Waals surface area (Å²) in [5.74, 6) is 0.222. The molecule has 2 nitrogen and oxygen atoms in total. The molecule has 0 amide bonds. The fourth-order valence-electron chi connectivity index (χ4n) is 0. The summed E-state index contributed by atoms with van der Waals surface area (Å²) in [5, 5.41) is 9.18. The lowest BCUT2D eigenvalue weighted by molar-refractivity contribution is 0.232. The van der Waals surface area contributed by atoms with E-state index in [-0.39, 0.29) is 12.4 Å². The first-order chi connectivity index (χ1) is 3.33. The molecule has 0 spiro atoms. The van der Waals surface area contributed by atoms with E-state index in [0.29, 0.717) is 0 Å². The van der Waals surface area contributed by atoms with E-state index in [1.807, 2.05) is 0 Å². The normalized spacial score (nSPS) is 5.43. The Hall–Kier alpha value is -0.340. The van der Waals surface area contributed by atoms with E-state index in [4.69, 9.17) is 4.79 Å². The second-order valence-electron chi connectivity index (χ2n) is 0.544. The third kappa shape index (κ3) is 174. The number of rotatable bonds is 1. The van der Waals surface area contributed by atoms with Crippen molar-refractivity contribution in [1.82, 2.24) is 0 Å². The number of halogens is 1. The molecule has 41 valence electrons. The second kappa shape index (κ2) is 17.4. The molecular weight excluding hydrogens is 115 g/mol. The molecule has 0 aliphatic heterocycles. The topological polar surface area (TPSA) is 37.0 Å². The SMILES string of the molecule is C=CC[O].O=CCl. The zero-order chi connectivity index (χ0) is 6.12. The standard InChI is InChI=1S/C3H5O.CHClO/c1-2-3-4;2-1-3/h2H,1,3H2;1H. The molecular formula is C4H6ClO2. The number of hydrogen-bond acceptors (Lipinski definition) is 1. The third-order valence-corrected chi connectivity index (χ3v) is 0.118. The van der Waals surface area contributed by atoms with Crippen LogP contribution in [0.1, 0.15) is 0 Å². The Bertz CT molecular complexity index is 45.0. The van der Waals surface area contributed by atoms with Crippen LogP contribution < -0.4 is 0 Å². The molecule has 0 saturated carbocycles. The minimum atomic E-state index is -0.167. The van der Waals surface area contributed by atoms with Gasteiger partial charge in [-0.1, -0.05) is 6.08 Å². The molecule has 0 unspecified atom stereocenters. The van der Waals surface area contributed by atoms with Gasteiger partial charge in [0.2, 0.25) is 5.75 Å². The molecule has 0 aromatic rings. The Labute approximate surface area is 47.4 Å². The molecule has 7 heavy (non-hydrogen) atoms. The Morgan fingerprint density at radius 1 is 1.71 bits per heavy atom. The molecule has 3 heteroatoms. The van der Waals surface area contributed by atoms with Crippen LogP contribution in [-0.2, 0) is 9.90 Å². The number of hydrogen-bond donors (Lipinski definition) is 0. The largest absolute Gasteiger partial charge is 0.285 e. The lowest BCUT2D eigenvalue weighted by Gasteiger charge is -1.54. The molecule has 0 heterocycles. The third-order valence-electron chi connectivity index (χ3n) is 0.118. The summed E-state index contributed by atoms with van der Waals surface area (Å²) in [6, 6.07) is 0. The van der Waals surface area contributed by atoms with Crippen LogP contribution in [0.25, 0.3) is 0 Å². The van der Waals surface area contributed by atoms with Gasteiger partial charge >= 0.3 is 0 Å². The van der Waals surface area contributed by atoms with Crippen molar-refractivity contribution < 1.29 is 9.90 Å². The van der Waals surface area contributed by atoms with Gasteiger partial charge < -0.3 is 0 Å². The first-order valence-corrected chi connectivity index (χ1v) is 2.00. The van der Waals surface area contributed by atoms with E-state index in [9.17, 15) is 5.11 Å². The van der Waals surface area contributed by atoms with Gasteiger partial charge in [0.15, 0.2) is 0 Å². The van der Waals surface area contributed by atoms with Crippen molar-refractivity contribution in [3.63, 3.8) is 0 Å². The van der Waals surface area contributed by atoms with Crippen molar-refractivity contribution in [3.8, 4) is 0 Å². The summed E-state index contributed by atoms with van der Waals surface area (Å²) < 4.78 is 0. The maximum Gasteiger partial charge on any atom is 0.208 e. The molecule has 0 atom stereocenters. The summed E-state index contributed by atoms with van der Waals surface area (Å²) in [4.78, 5) is 8.57. The highest BCUT2D eigenvalue weighted by Gasteiger charge is 1.49. The van der Waals surface area contributed by atoms with Crippen molar-refractivity contribution in [1.29, 1.82) is 0 Å². The summed E-state index contributed by atoms with van der Waals surface area (Å²) in [6.45, 7) is 3.00. The number of carbonyl (C=O) groups is 1. The van der Waals surface area contributed by atoms with E-state index in [1.54, 1.807) is 0 Å². The Morgan fingerprint density at radius 2 is 1.86 bits per heavy atom. The van der Waals surface area contributed by atoms with Gasteiger partial charge in [0.05, 0.1) is 0 Å². The lowest BCUT2D eigenvalue weighted by Crippen LogP contribution is -1.58. The smallest absolute Gasteiger partial charge is 0.208 e. The average Bonchev–Trinajstić information content (AvgIpc) is 1.69. The van der Waals surface area contributed by atoms with Crippen LogP contribution in [0, 0.1) is 0 Å². The van der Waals surface area contributed by atoms with Crippen LogP contribution in [0.3, 0.4) is 0 Å². The van der Waals surface area contributed by atoms with Crippen molar-refractivity contribution in [3.05, 3.63) is 12.7 Å². The first-order valence-electron chi connectivity index (χ1n) is 1.56. The van der Waals surface area contributed by atoms with Crippen molar-refractivity contribution in [2.45, 2.75) is 0 Å². The molecule has 0 saturated heterocycles. The molecule has 0 aromatic heterocycles. The molecule has 0 aliphatic rings. The summed E-state index contributed by atoms with van der Waals surface area (Å²) in [5.41, 5.74) is 0. The Kier molecular flexibility index (Phi) is 24.4. The molecule has 0 bridgehead atoms. The van der Waals surface area contributed by atoms with Gasteiger partial charge in [-0.2, -0.15) is 0 Å². The summed E-state index contributed by atoms with van der Waals surface area (Å²) >= 11 is 4.32. The molecule has 0 aliphatic carbocycles. The highest BCUT2D eigenvalue weighted by Crippen LogP contribution is 1.48. The maximum absolute atomic E-state index is 9.18. The van der Waals surface area contributed by atoms with Crippen molar-refractivity contribution in [2.24, 2.45) is 0 Å². The van der Waals surface area contributed by atoms with Gasteiger partial charge in [0.25, 0.3) is 0 Å². The van der Waals surface area contributed by atoms with Gasteiger partial charge in [-0.05, 0) is 11.6 Å². The van der Waals surface area contributed by atoms with E-state index >= 15 is 0 Å². The fraction of sp³-hybridized carbons (Fsp3) is 0.250. The lowest BCUT2D eigenvalue weighted by atomic mass is 10.7. The van der Waals surface area contributed by atoms with Crippen molar-refractivity contribution >= 4 is 17.3 Å². The first kappa shape index (κ1) is 9.83. The average molecular weight is 122 g/mol. The minimum Gasteiger partial charge on any atom is -0.285 e. The van der Waals surface area contributed by atoms with Crippen LogP contribution in [0.15, 0.2) is 12.7 Å². The van der Waals surface area contributed by atoms with E-state index in [1.165, 1.54) is 6.08 Å². The fourth-order valence-corrected chi connectivity index (χ4v) is 0. The van der Waals surface area contributed by atoms with Crippen LogP contribution >= 0.6 is 11.6 Å². The van der Waals surface area contributed by atoms with Crippen LogP contribution in [0.2, 0.25) is 0 Å². The highest BCUT2D eigenvalue weighted by molar-refractivity contribution is 6.54. The summed E-state index contributed by atoms with van der Waals surface area (Å²) in [6.07, 6.45) is 1.32. The van der Waals surface area contributed by atoms with E-state index < -0.39 is 0 Å². The van der Waals surface area contributed by atoms with Gasteiger partial charge in [-0.25, -0.2) is 5.11 Å². The van der Waals surface area contributed by atoms with Crippen LogP contribution in [-0.4, -0.2) is 12.4 Å². The van der Waals surface area contributed by atoms with Crippen LogP contribution in [0.5, 0.6) is 0 Å². The van der Waals surface area contributed by atoms with Gasteiger partial charge in [-0.3, -0.25) is 4.79 Å². The predicted octanol–water partition coefficient (Wildman–Crippen LogP) is 1.02. The number of carbonyl (C=O) groups excluding carboxylic acids is 1. The molecule has 0 rings (SSSR count). The highest BCUT2D eigenvalue weighted by atomic mass is 35.5. The zero-order valence-corrected chi connectivity index (χ0v) is 4.52. The predicted molar refractivity (Wildman–Crippen MR) is 28.4 cm³/mol. The Balaban J connectivity index is 0. The summed E-state index contributed by atoms with van der Waals surface area (Å²) in [7, 11) is 0. The minimum absolute atomic E-state index is 0.167. The zero-order valence-electron chi connectivity index (χ0n) is 3.76. The molecule has 0 aromatic carbocycles. The maximum atomic E-state index is 9.18. The molecule has 1 radical (unpaired) electrons. The molecule has 0 N–H and O–H groups in total. The van der Waals surface area contributed by atoms with Gasteiger partial charge in [0, 0.05) is 0 Å². The Morgan fingerprint density at radius 3 is 1.86 bits per heavy atom. The quantitative estimate of drug-likeness (QED) is 0.290. The van der Waals surface area contributed by atoms with E-state index in [0.717, 1.165) is 0 Å². The molecule has 0 fully saturated rings. The van der Waals surface area contributed by atoms with Gasteiger partial charge in [-0.15, -0.1) is 6.58 Å². The van der Waals surface area contributed by atoms with Crippen molar-refractivity contribution in [2.75, 3.05) is 6.61 Å².